The van der Waals surface area contributed by atoms with Gasteiger partial charge in [0.15, 0.2) is 0 Å². The molecule has 90 valence electrons. The van der Waals surface area contributed by atoms with Gasteiger partial charge in [-0.15, -0.1) is 0 Å². The number of benzene rings is 1. The standard InChI is InChI=1S/C14H16ClNS/c1-11-8-14(15)3-2-13(11)9-16-6-4-12-5-7-17-10-12/h2-3,5,7-8,10,16H,4,6,9H2,1H3. The first kappa shape index (κ1) is 12.6. The van der Waals surface area contributed by atoms with E-state index in [2.05, 4.69) is 35.1 Å². The number of rotatable bonds is 5. The lowest BCUT2D eigenvalue weighted by Gasteiger charge is -2.07. The summed E-state index contributed by atoms with van der Waals surface area (Å²) >= 11 is 7.68. The van der Waals surface area contributed by atoms with E-state index in [0.717, 1.165) is 24.5 Å². The van der Waals surface area contributed by atoms with Crippen LogP contribution in [0.4, 0.5) is 0 Å². The number of aryl methyl sites for hydroxylation is 1. The molecular formula is C14H16ClNS. The molecule has 0 amide bonds. The predicted molar refractivity (Wildman–Crippen MR) is 75.9 cm³/mol. The molecule has 17 heavy (non-hydrogen) atoms. The smallest absolute Gasteiger partial charge is 0.0408 e. The molecule has 0 unspecified atom stereocenters. The number of nitrogens with one attached hydrogen (secondary N) is 1. The van der Waals surface area contributed by atoms with Gasteiger partial charge in [-0.3, -0.25) is 0 Å². The van der Waals surface area contributed by atoms with Crippen LogP contribution in [0.25, 0.3) is 0 Å². The Balaban J connectivity index is 1.78. The fourth-order valence-electron chi connectivity index (χ4n) is 1.75. The third-order valence-electron chi connectivity index (χ3n) is 2.79. The van der Waals surface area contributed by atoms with Crippen LogP contribution in [0.2, 0.25) is 5.02 Å². The third-order valence-corrected chi connectivity index (χ3v) is 3.76. The highest BCUT2D eigenvalue weighted by Crippen LogP contribution is 2.15. The Bertz CT molecular complexity index is 465. The van der Waals surface area contributed by atoms with Crippen LogP contribution in [0.1, 0.15) is 16.7 Å². The number of thiophene rings is 1. The van der Waals surface area contributed by atoms with Gasteiger partial charge in [0.25, 0.3) is 0 Å². The summed E-state index contributed by atoms with van der Waals surface area (Å²) in [4.78, 5) is 0. The Labute approximate surface area is 111 Å². The zero-order valence-corrected chi connectivity index (χ0v) is 11.4. The van der Waals surface area contributed by atoms with Gasteiger partial charge in [-0.2, -0.15) is 11.3 Å². The van der Waals surface area contributed by atoms with Crippen LogP contribution >= 0.6 is 22.9 Å². The summed E-state index contributed by atoms with van der Waals surface area (Å²) in [6.45, 7) is 4.02. The summed E-state index contributed by atoms with van der Waals surface area (Å²) in [5.74, 6) is 0. The zero-order valence-electron chi connectivity index (χ0n) is 9.87. The van der Waals surface area contributed by atoms with E-state index in [4.69, 9.17) is 11.6 Å². The van der Waals surface area contributed by atoms with Crippen LogP contribution < -0.4 is 5.32 Å². The molecular weight excluding hydrogens is 250 g/mol. The summed E-state index contributed by atoms with van der Waals surface area (Å²) in [5, 5.41) is 8.60. The molecule has 0 bridgehead atoms. The molecule has 0 saturated carbocycles. The molecule has 0 radical (unpaired) electrons. The van der Waals surface area contributed by atoms with Crippen molar-refractivity contribution in [2.75, 3.05) is 6.54 Å². The average Bonchev–Trinajstić information content (AvgIpc) is 2.79. The normalized spacial score (nSPS) is 10.7. The van der Waals surface area contributed by atoms with Crippen molar-refractivity contribution in [1.82, 2.24) is 5.32 Å². The van der Waals surface area contributed by atoms with Crippen molar-refractivity contribution < 1.29 is 0 Å². The van der Waals surface area contributed by atoms with Crippen molar-refractivity contribution in [1.29, 1.82) is 0 Å². The highest BCUT2D eigenvalue weighted by Gasteiger charge is 1.99. The fourth-order valence-corrected chi connectivity index (χ4v) is 2.68. The monoisotopic (exact) mass is 265 g/mol. The summed E-state index contributed by atoms with van der Waals surface area (Å²) in [6.07, 6.45) is 1.09. The van der Waals surface area contributed by atoms with Crippen LogP contribution in [0, 0.1) is 6.92 Å². The molecule has 1 aromatic heterocycles. The summed E-state index contributed by atoms with van der Waals surface area (Å²) < 4.78 is 0. The van der Waals surface area contributed by atoms with Crippen molar-refractivity contribution in [3.05, 3.63) is 56.7 Å². The predicted octanol–water partition coefficient (Wildman–Crippen LogP) is 4.04. The lowest BCUT2D eigenvalue weighted by atomic mass is 10.1. The molecule has 2 rings (SSSR count). The maximum Gasteiger partial charge on any atom is 0.0408 e. The first-order valence-electron chi connectivity index (χ1n) is 5.72. The quantitative estimate of drug-likeness (QED) is 0.805. The third kappa shape index (κ3) is 3.84. The van der Waals surface area contributed by atoms with E-state index < -0.39 is 0 Å². The molecule has 1 N–H and O–H groups in total. The SMILES string of the molecule is Cc1cc(Cl)ccc1CNCCc1ccsc1. The fraction of sp³-hybridized carbons (Fsp3) is 0.286. The van der Waals surface area contributed by atoms with E-state index in [9.17, 15) is 0 Å². The van der Waals surface area contributed by atoms with Crippen LogP contribution in [0.5, 0.6) is 0 Å². The van der Waals surface area contributed by atoms with Gasteiger partial charge in [0.2, 0.25) is 0 Å². The Morgan fingerprint density at radius 3 is 2.88 bits per heavy atom. The average molecular weight is 266 g/mol. The Morgan fingerprint density at radius 1 is 1.29 bits per heavy atom. The van der Waals surface area contributed by atoms with E-state index in [1.54, 1.807) is 11.3 Å². The summed E-state index contributed by atoms with van der Waals surface area (Å²) in [6, 6.07) is 8.23. The van der Waals surface area contributed by atoms with Crippen molar-refractivity contribution in [2.24, 2.45) is 0 Å². The second-order valence-corrected chi connectivity index (χ2v) is 5.35. The first-order chi connectivity index (χ1) is 8.25. The van der Waals surface area contributed by atoms with Gasteiger partial charge in [0, 0.05) is 11.6 Å². The summed E-state index contributed by atoms with van der Waals surface area (Å²) in [7, 11) is 0. The van der Waals surface area contributed by atoms with Crippen LogP contribution in [0.15, 0.2) is 35.0 Å². The Morgan fingerprint density at radius 2 is 2.18 bits per heavy atom. The minimum Gasteiger partial charge on any atom is -0.312 e. The van der Waals surface area contributed by atoms with Crippen molar-refractivity contribution in [3.63, 3.8) is 0 Å². The number of hydrogen-bond donors (Lipinski definition) is 1. The van der Waals surface area contributed by atoms with Crippen molar-refractivity contribution in [2.45, 2.75) is 19.9 Å². The van der Waals surface area contributed by atoms with Gasteiger partial charge in [0.05, 0.1) is 0 Å². The highest BCUT2D eigenvalue weighted by molar-refractivity contribution is 7.07. The van der Waals surface area contributed by atoms with E-state index in [1.807, 2.05) is 12.1 Å². The Kier molecular flexibility index (Phi) is 4.60. The second kappa shape index (κ2) is 6.20. The van der Waals surface area contributed by atoms with Gasteiger partial charge in [0.1, 0.15) is 0 Å². The van der Waals surface area contributed by atoms with Gasteiger partial charge in [-0.05, 0) is 65.5 Å². The van der Waals surface area contributed by atoms with Gasteiger partial charge < -0.3 is 5.32 Å². The zero-order chi connectivity index (χ0) is 12.1. The van der Waals surface area contributed by atoms with E-state index in [-0.39, 0.29) is 0 Å². The maximum atomic E-state index is 5.93. The molecule has 3 heteroatoms. The van der Waals surface area contributed by atoms with Gasteiger partial charge in [-0.25, -0.2) is 0 Å². The van der Waals surface area contributed by atoms with Gasteiger partial charge >= 0.3 is 0 Å². The number of hydrogen-bond acceptors (Lipinski definition) is 2. The van der Waals surface area contributed by atoms with E-state index >= 15 is 0 Å². The maximum absolute atomic E-state index is 5.93. The van der Waals surface area contributed by atoms with E-state index in [0.29, 0.717) is 0 Å². The molecule has 1 aromatic carbocycles. The van der Waals surface area contributed by atoms with Crippen molar-refractivity contribution in [3.8, 4) is 0 Å². The van der Waals surface area contributed by atoms with Crippen LogP contribution in [-0.4, -0.2) is 6.54 Å². The lowest BCUT2D eigenvalue weighted by molar-refractivity contribution is 0.685. The molecule has 2 aromatic rings. The minimum atomic E-state index is 0.810. The molecule has 1 heterocycles. The van der Waals surface area contributed by atoms with Crippen molar-refractivity contribution >= 4 is 22.9 Å². The Hall–Kier alpha value is -0.830. The number of halogens is 1. The molecule has 0 atom stereocenters. The van der Waals surface area contributed by atoms with Gasteiger partial charge in [-0.1, -0.05) is 17.7 Å². The summed E-state index contributed by atoms with van der Waals surface area (Å²) in [5.41, 5.74) is 3.98. The molecule has 1 nitrogen and oxygen atoms in total. The molecule has 0 spiro atoms. The lowest BCUT2D eigenvalue weighted by Crippen LogP contribution is -2.17. The second-order valence-electron chi connectivity index (χ2n) is 4.13. The highest BCUT2D eigenvalue weighted by atomic mass is 35.5. The molecule has 0 saturated heterocycles. The molecule has 0 aliphatic rings. The molecule has 0 fully saturated rings. The van der Waals surface area contributed by atoms with Crippen LogP contribution in [-0.2, 0) is 13.0 Å². The molecule has 0 aliphatic carbocycles. The van der Waals surface area contributed by atoms with E-state index in [1.165, 1.54) is 16.7 Å². The topological polar surface area (TPSA) is 12.0 Å². The largest absolute Gasteiger partial charge is 0.312 e. The van der Waals surface area contributed by atoms with Crippen LogP contribution in [0.3, 0.4) is 0 Å². The minimum absolute atomic E-state index is 0.810. The first-order valence-corrected chi connectivity index (χ1v) is 7.04. The molecule has 0 aliphatic heterocycles.